The van der Waals surface area contributed by atoms with Crippen LogP contribution >= 0.6 is 0 Å². The van der Waals surface area contributed by atoms with Gasteiger partial charge in [0.1, 0.15) is 0 Å². The van der Waals surface area contributed by atoms with E-state index in [4.69, 9.17) is 0 Å². The molecule has 1 aliphatic carbocycles. The smallest absolute Gasteiger partial charge is 0.0402 e. The standard InChI is InChI=1S/C21H19N/c1-2-22-12-11-17-19-13-15-8-7-14-5-3-4-6-16(14)21(15)18(19)9-10-20(17)22/h3-10H,2,11-13H2,1H3. The molecule has 1 heterocycles. The summed E-state index contributed by atoms with van der Waals surface area (Å²) in [5.74, 6) is 0. The summed E-state index contributed by atoms with van der Waals surface area (Å²) in [5, 5.41) is 2.76. The van der Waals surface area contributed by atoms with Crippen LogP contribution in [0.3, 0.4) is 0 Å². The summed E-state index contributed by atoms with van der Waals surface area (Å²) in [5.41, 5.74) is 9.10. The van der Waals surface area contributed by atoms with E-state index in [1.807, 2.05) is 0 Å². The number of hydrogen-bond donors (Lipinski definition) is 0. The van der Waals surface area contributed by atoms with Gasteiger partial charge in [0.05, 0.1) is 0 Å². The van der Waals surface area contributed by atoms with Gasteiger partial charge in [-0.25, -0.2) is 0 Å². The van der Waals surface area contributed by atoms with Gasteiger partial charge >= 0.3 is 0 Å². The molecule has 0 amide bonds. The fourth-order valence-electron chi connectivity index (χ4n) is 4.36. The molecule has 0 saturated heterocycles. The zero-order chi connectivity index (χ0) is 14.7. The van der Waals surface area contributed by atoms with Gasteiger partial charge < -0.3 is 4.90 Å². The Labute approximate surface area is 131 Å². The van der Waals surface area contributed by atoms with Gasteiger partial charge in [-0.2, -0.15) is 0 Å². The molecule has 0 aromatic heterocycles. The van der Waals surface area contributed by atoms with Crippen molar-refractivity contribution in [2.75, 3.05) is 18.0 Å². The first-order chi connectivity index (χ1) is 10.9. The van der Waals surface area contributed by atoms with Crippen LogP contribution < -0.4 is 4.90 Å². The Bertz CT molecular complexity index is 907. The molecular formula is C21H19N. The fourth-order valence-corrected chi connectivity index (χ4v) is 4.36. The average Bonchev–Trinajstić information content (AvgIpc) is 3.15. The molecule has 0 saturated carbocycles. The molecule has 1 nitrogen and oxygen atoms in total. The molecule has 5 rings (SSSR count). The van der Waals surface area contributed by atoms with Crippen LogP contribution in [0.5, 0.6) is 0 Å². The first-order valence-electron chi connectivity index (χ1n) is 8.27. The van der Waals surface area contributed by atoms with Gasteiger partial charge in [0.25, 0.3) is 0 Å². The zero-order valence-electron chi connectivity index (χ0n) is 12.9. The van der Waals surface area contributed by atoms with Crippen molar-refractivity contribution in [3.63, 3.8) is 0 Å². The third-order valence-electron chi connectivity index (χ3n) is 5.41. The normalized spacial score (nSPS) is 15.0. The second-order valence-electron chi connectivity index (χ2n) is 6.42. The van der Waals surface area contributed by atoms with Crippen molar-refractivity contribution >= 4 is 16.5 Å². The van der Waals surface area contributed by atoms with Crippen molar-refractivity contribution < 1.29 is 0 Å². The topological polar surface area (TPSA) is 3.24 Å². The fraction of sp³-hybridized carbons (Fsp3) is 0.238. The molecule has 1 aliphatic heterocycles. The Balaban J connectivity index is 1.79. The molecule has 108 valence electrons. The van der Waals surface area contributed by atoms with Crippen LogP contribution in [0, 0.1) is 0 Å². The van der Waals surface area contributed by atoms with Gasteiger partial charge in [-0.3, -0.25) is 0 Å². The van der Waals surface area contributed by atoms with E-state index >= 15 is 0 Å². The Morgan fingerprint density at radius 3 is 2.77 bits per heavy atom. The molecule has 1 heteroatoms. The second-order valence-corrected chi connectivity index (χ2v) is 6.42. The van der Waals surface area contributed by atoms with E-state index < -0.39 is 0 Å². The molecule has 0 radical (unpaired) electrons. The highest BCUT2D eigenvalue weighted by Crippen LogP contribution is 2.46. The molecule has 22 heavy (non-hydrogen) atoms. The van der Waals surface area contributed by atoms with Gasteiger partial charge in [-0.05, 0) is 64.4 Å². The maximum Gasteiger partial charge on any atom is 0.0402 e. The molecule has 0 unspecified atom stereocenters. The highest BCUT2D eigenvalue weighted by Gasteiger charge is 2.28. The van der Waals surface area contributed by atoms with E-state index in [-0.39, 0.29) is 0 Å². The van der Waals surface area contributed by atoms with Crippen LogP contribution in [0.15, 0.2) is 48.5 Å². The molecule has 2 aliphatic rings. The molecule has 3 aromatic rings. The summed E-state index contributed by atoms with van der Waals surface area (Å²) in [4.78, 5) is 2.51. The monoisotopic (exact) mass is 285 g/mol. The lowest BCUT2D eigenvalue weighted by Gasteiger charge is -2.17. The molecule has 3 aromatic carbocycles. The van der Waals surface area contributed by atoms with Crippen molar-refractivity contribution in [2.45, 2.75) is 19.8 Å². The lowest BCUT2D eigenvalue weighted by atomic mass is 9.96. The predicted octanol–water partition coefficient (Wildman–Crippen LogP) is 4.79. The van der Waals surface area contributed by atoms with Crippen LogP contribution in [0.4, 0.5) is 5.69 Å². The van der Waals surface area contributed by atoms with Crippen LogP contribution in [0.2, 0.25) is 0 Å². The van der Waals surface area contributed by atoms with Crippen molar-refractivity contribution in [1.82, 2.24) is 0 Å². The van der Waals surface area contributed by atoms with Gasteiger partial charge in [0.2, 0.25) is 0 Å². The lowest BCUT2D eigenvalue weighted by Crippen LogP contribution is -2.18. The summed E-state index contributed by atoms with van der Waals surface area (Å²) < 4.78 is 0. The minimum atomic E-state index is 1.11. The Kier molecular flexibility index (Phi) is 2.43. The lowest BCUT2D eigenvalue weighted by molar-refractivity contribution is 0.867. The van der Waals surface area contributed by atoms with Gasteiger partial charge in [0.15, 0.2) is 0 Å². The van der Waals surface area contributed by atoms with E-state index in [9.17, 15) is 0 Å². The Morgan fingerprint density at radius 2 is 1.86 bits per heavy atom. The largest absolute Gasteiger partial charge is 0.371 e. The summed E-state index contributed by atoms with van der Waals surface area (Å²) in [6.45, 7) is 4.55. The zero-order valence-corrected chi connectivity index (χ0v) is 12.9. The van der Waals surface area contributed by atoms with E-state index in [2.05, 4.69) is 60.4 Å². The van der Waals surface area contributed by atoms with E-state index in [1.54, 1.807) is 11.1 Å². The van der Waals surface area contributed by atoms with Crippen LogP contribution in [-0.2, 0) is 12.8 Å². The maximum absolute atomic E-state index is 2.51. The summed E-state index contributed by atoms with van der Waals surface area (Å²) in [7, 11) is 0. The van der Waals surface area contributed by atoms with Gasteiger partial charge in [0, 0.05) is 18.8 Å². The average molecular weight is 285 g/mol. The molecule has 0 N–H and O–H groups in total. The summed E-state index contributed by atoms with van der Waals surface area (Å²) >= 11 is 0. The van der Waals surface area contributed by atoms with Crippen molar-refractivity contribution in [1.29, 1.82) is 0 Å². The SMILES string of the molecule is CCN1CCc2c1ccc1c2Cc2ccc3ccccc3c2-1. The number of hydrogen-bond acceptors (Lipinski definition) is 1. The third-order valence-corrected chi connectivity index (χ3v) is 5.41. The number of likely N-dealkylation sites (N-methyl/N-ethyl adjacent to an activating group) is 1. The van der Waals surface area contributed by atoms with Gasteiger partial charge in [-0.1, -0.05) is 42.5 Å². The summed E-state index contributed by atoms with van der Waals surface area (Å²) in [6.07, 6.45) is 2.31. The maximum atomic E-state index is 2.51. The van der Waals surface area contributed by atoms with Crippen molar-refractivity contribution in [3.8, 4) is 11.1 Å². The van der Waals surface area contributed by atoms with Crippen LogP contribution in [-0.4, -0.2) is 13.1 Å². The first-order valence-corrected chi connectivity index (χ1v) is 8.27. The van der Waals surface area contributed by atoms with E-state index in [0.29, 0.717) is 0 Å². The number of nitrogens with zero attached hydrogens (tertiary/aromatic N) is 1. The highest BCUT2D eigenvalue weighted by atomic mass is 15.1. The van der Waals surface area contributed by atoms with E-state index in [1.165, 1.54) is 46.1 Å². The Hall–Kier alpha value is -2.28. The minimum absolute atomic E-state index is 1.11. The quantitative estimate of drug-likeness (QED) is 0.486. The van der Waals surface area contributed by atoms with Crippen LogP contribution in [0.25, 0.3) is 21.9 Å². The third kappa shape index (κ3) is 1.49. The van der Waals surface area contributed by atoms with Crippen molar-refractivity contribution in [3.05, 3.63) is 65.2 Å². The van der Waals surface area contributed by atoms with E-state index in [0.717, 1.165) is 13.0 Å². The number of rotatable bonds is 1. The minimum Gasteiger partial charge on any atom is -0.371 e. The highest BCUT2D eigenvalue weighted by molar-refractivity contribution is 6.01. The van der Waals surface area contributed by atoms with Crippen molar-refractivity contribution in [2.24, 2.45) is 0 Å². The number of fused-ring (bicyclic) bond motifs is 7. The predicted molar refractivity (Wildman–Crippen MR) is 93.8 cm³/mol. The van der Waals surface area contributed by atoms with Crippen LogP contribution in [0.1, 0.15) is 23.6 Å². The Morgan fingerprint density at radius 1 is 0.955 bits per heavy atom. The molecule has 0 atom stereocenters. The summed E-state index contributed by atoms with van der Waals surface area (Å²) in [6, 6.07) is 18.1. The number of anilines is 1. The number of benzene rings is 3. The second kappa shape index (κ2) is 4.36. The molecule has 0 bridgehead atoms. The molecule has 0 spiro atoms. The molecule has 0 fully saturated rings. The first kappa shape index (κ1) is 12.3. The molecular weight excluding hydrogens is 266 g/mol. The van der Waals surface area contributed by atoms with Gasteiger partial charge in [-0.15, -0.1) is 0 Å².